The molecule has 1 N–H and O–H groups in total. The van der Waals surface area contributed by atoms with Crippen LogP contribution in [0.3, 0.4) is 0 Å². The first-order chi connectivity index (χ1) is 14.5. The number of unbranched alkanes of at least 4 members (excludes halogenated alkanes) is 1. The third-order valence-electron chi connectivity index (χ3n) is 5.84. The first-order valence-electron chi connectivity index (χ1n) is 11.0. The first kappa shape index (κ1) is 22.5. The maximum Gasteiger partial charge on any atom is 0.309 e. The molecule has 1 saturated carbocycles. The Morgan fingerprint density at radius 2 is 1.97 bits per heavy atom. The highest BCUT2D eigenvalue weighted by Gasteiger charge is 2.27. The van der Waals surface area contributed by atoms with Crippen LogP contribution in [0.2, 0.25) is 0 Å². The zero-order valence-electron chi connectivity index (χ0n) is 18.0. The number of para-hydroxylation sites is 1. The fourth-order valence-electron chi connectivity index (χ4n) is 3.98. The number of nitrogens with one attached hydrogen (secondary N) is 1. The van der Waals surface area contributed by atoms with E-state index in [1.54, 1.807) is 0 Å². The average Bonchev–Trinajstić information content (AvgIpc) is 3.19. The van der Waals surface area contributed by atoms with Crippen molar-refractivity contribution in [2.75, 3.05) is 5.32 Å². The van der Waals surface area contributed by atoms with E-state index < -0.39 is 0 Å². The second kappa shape index (κ2) is 11.3. The van der Waals surface area contributed by atoms with Crippen molar-refractivity contribution < 1.29 is 14.3 Å². The normalized spacial score (nSPS) is 18.7. The predicted molar refractivity (Wildman–Crippen MR) is 120 cm³/mol. The average molecular weight is 429 g/mol. The molecule has 1 aromatic heterocycles. The van der Waals surface area contributed by atoms with Crippen LogP contribution < -0.4 is 5.32 Å². The summed E-state index contributed by atoms with van der Waals surface area (Å²) < 4.78 is 5.52. The fourth-order valence-corrected chi connectivity index (χ4v) is 4.76. The molecule has 0 bridgehead atoms. The number of ether oxygens (including phenoxy) is 1. The second-order valence-electron chi connectivity index (χ2n) is 8.24. The van der Waals surface area contributed by atoms with Crippen molar-refractivity contribution in [3.05, 3.63) is 45.9 Å². The summed E-state index contributed by atoms with van der Waals surface area (Å²) in [6, 6.07) is 7.69. The fraction of sp³-hybridized carbons (Fsp3) is 0.542. The van der Waals surface area contributed by atoms with Crippen molar-refractivity contribution in [1.82, 2.24) is 4.98 Å². The van der Waals surface area contributed by atoms with E-state index in [0.29, 0.717) is 5.69 Å². The molecule has 1 aliphatic carbocycles. The van der Waals surface area contributed by atoms with Crippen LogP contribution in [-0.4, -0.2) is 16.9 Å². The topological polar surface area (TPSA) is 68.3 Å². The molecule has 1 heterocycles. The van der Waals surface area contributed by atoms with Crippen molar-refractivity contribution in [3.63, 3.8) is 0 Å². The van der Waals surface area contributed by atoms with Gasteiger partial charge in [-0.15, -0.1) is 11.3 Å². The monoisotopic (exact) mass is 428 g/mol. The summed E-state index contributed by atoms with van der Waals surface area (Å²) in [5.41, 5.74) is 2.55. The molecule has 2 aromatic rings. The van der Waals surface area contributed by atoms with Gasteiger partial charge in [-0.3, -0.25) is 9.59 Å². The SMILES string of the molecule is CCCCC1CCC(C(=O)OCc2csc(CC(=O)Nc3ccccc3C)n2)CC1. The number of amides is 1. The molecular weight excluding hydrogens is 396 g/mol. The molecule has 0 unspecified atom stereocenters. The summed E-state index contributed by atoms with van der Waals surface area (Å²) in [6.07, 6.45) is 8.18. The van der Waals surface area contributed by atoms with Gasteiger partial charge in [0.05, 0.1) is 18.0 Å². The third kappa shape index (κ3) is 6.66. The van der Waals surface area contributed by atoms with Crippen LogP contribution in [0.5, 0.6) is 0 Å². The maximum atomic E-state index is 12.4. The van der Waals surface area contributed by atoms with Gasteiger partial charge in [0, 0.05) is 11.1 Å². The Labute approximate surface area is 183 Å². The molecule has 1 amide bonds. The van der Waals surface area contributed by atoms with Gasteiger partial charge in [0.1, 0.15) is 11.6 Å². The number of hydrogen-bond acceptors (Lipinski definition) is 5. The lowest BCUT2D eigenvalue weighted by atomic mass is 9.80. The van der Waals surface area contributed by atoms with E-state index in [4.69, 9.17) is 4.74 Å². The lowest BCUT2D eigenvalue weighted by molar-refractivity contribution is -0.151. The Bertz CT molecular complexity index is 840. The quantitative estimate of drug-likeness (QED) is 0.522. The Balaban J connectivity index is 1.40. The predicted octanol–water partition coefficient (Wildman–Crippen LogP) is 5.67. The van der Waals surface area contributed by atoms with E-state index in [0.717, 1.165) is 47.9 Å². The standard InChI is InChI=1S/C24H32N2O3S/c1-3-4-8-18-10-12-19(13-11-18)24(28)29-15-20-16-30-23(25-20)14-22(27)26-21-9-6-5-7-17(21)2/h5-7,9,16,18-19H,3-4,8,10-15H2,1-2H3,(H,26,27). The number of aryl methyl sites for hydroxylation is 1. The second-order valence-corrected chi connectivity index (χ2v) is 9.18. The zero-order valence-corrected chi connectivity index (χ0v) is 18.8. The highest BCUT2D eigenvalue weighted by molar-refractivity contribution is 7.09. The number of hydrogen-bond donors (Lipinski definition) is 1. The molecule has 0 atom stereocenters. The highest BCUT2D eigenvalue weighted by Crippen LogP contribution is 2.32. The summed E-state index contributed by atoms with van der Waals surface area (Å²) in [5, 5.41) is 5.51. The minimum Gasteiger partial charge on any atom is -0.459 e. The van der Waals surface area contributed by atoms with Crippen LogP contribution in [0.25, 0.3) is 0 Å². The van der Waals surface area contributed by atoms with E-state index in [9.17, 15) is 9.59 Å². The number of benzene rings is 1. The number of anilines is 1. The number of carbonyl (C=O) groups is 2. The number of aromatic nitrogens is 1. The highest BCUT2D eigenvalue weighted by atomic mass is 32.1. The van der Waals surface area contributed by atoms with Gasteiger partial charge in [-0.1, -0.05) is 44.4 Å². The van der Waals surface area contributed by atoms with Crippen LogP contribution in [-0.2, 0) is 27.4 Å². The van der Waals surface area contributed by atoms with Crippen molar-refractivity contribution in [2.24, 2.45) is 11.8 Å². The number of thiazole rings is 1. The zero-order chi connectivity index (χ0) is 21.3. The molecule has 1 fully saturated rings. The number of esters is 1. The summed E-state index contributed by atoms with van der Waals surface area (Å²) in [4.78, 5) is 29.1. The van der Waals surface area contributed by atoms with Gasteiger partial charge in [-0.05, 0) is 50.2 Å². The minimum atomic E-state index is -0.101. The van der Waals surface area contributed by atoms with Gasteiger partial charge >= 0.3 is 5.97 Å². The van der Waals surface area contributed by atoms with Crippen molar-refractivity contribution >= 4 is 28.9 Å². The molecule has 0 saturated heterocycles. The smallest absolute Gasteiger partial charge is 0.309 e. The van der Waals surface area contributed by atoms with Crippen LogP contribution in [0.15, 0.2) is 29.6 Å². The maximum absolute atomic E-state index is 12.4. The Morgan fingerprint density at radius 1 is 1.20 bits per heavy atom. The first-order valence-corrected chi connectivity index (χ1v) is 11.9. The van der Waals surface area contributed by atoms with Crippen LogP contribution in [0.4, 0.5) is 5.69 Å². The van der Waals surface area contributed by atoms with E-state index >= 15 is 0 Å². The Kier molecular flexibility index (Phi) is 8.43. The van der Waals surface area contributed by atoms with Crippen molar-refractivity contribution in [1.29, 1.82) is 0 Å². The molecule has 0 aliphatic heterocycles. The molecule has 162 valence electrons. The molecule has 1 aliphatic rings. The van der Waals surface area contributed by atoms with Gasteiger partial charge in [0.2, 0.25) is 5.91 Å². The molecule has 6 heteroatoms. The van der Waals surface area contributed by atoms with E-state index in [-0.39, 0.29) is 30.8 Å². The van der Waals surface area contributed by atoms with Crippen LogP contribution >= 0.6 is 11.3 Å². The molecule has 1 aromatic carbocycles. The summed E-state index contributed by atoms with van der Waals surface area (Å²) in [7, 11) is 0. The number of rotatable bonds is 9. The van der Waals surface area contributed by atoms with Gasteiger partial charge in [-0.2, -0.15) is 0 Å². The summed E-state index contributed by atoms with van der Waals surface area (Å²) in [6.45, 7) is 4.37. The largest absolute Gasteiger partial charge is 0.459 e. The minimum absolute atomic E-state index is 0.0286. The van der Waals surface area contributed by atoms with Crippen molar-refractivity contribution in [2.45, 2.75) is 71.8 Å². The lowest BCUT2D eigenvalue weighted by Gasteiger charge is -2.27. The molecule has 30 heavy (non-hydrogen) atoms. The van der Waals surface area contributed by atoms with Crippen LogP contribution in [0.1, 0.15) is 68.1 Å². The van der Waals surface area contributed by atoms with Gasteiger partial charge in [0.25, 0.3) is 0 Å². The Hall–Kier alpha value is -2.21. The number of nitrogens with zero attached hydrogens (tertiary/aromatic N) is 1. The van der Waals surface area contributed by atoms with Gasteiger partial charge in [-0.25, -0.2) is 4.98 Å². The third-order valence-corrected chi connectivity index (χ3v) is 6.74. The van der Waals surface area contributed by atoms with E-state index in [1.165, 1.54) is 30.6 Å². The molecule has 3 rings (SSSR count). The summed E-state index contributed by atoms with van der Waals surface area (Å²) in [5.74, 6) is 0.611. The molecule has 0 spiro atoms. The van der Waals surface area contributed by atoms with Gasteiger partial charge < -0.3 is 10.1 Å². The summed E-state index contributed by atoms with van der Waals surface area (Å²) >= 11 is 1.42. The Morgan fingerprint density at radius 3 is 2.70 bits per heavy atom. The lowest BCUT2D eigenvalue weighted by Crippen LogP contribution is -2.23. The molecular formula is C24H32N2O3S. The van der Waals surface area contributed by atoms with E-state index in [1.807, 2.05) is 36.6 Å². The molecule has 0 radical (unpaired) electrons. The van der Waals surface area contributed by atoms with E-state index in [2.05, 4.69) is 17.2 Å². The van der Waals surface area contributed by atoms with Crippen molar-refractivity contribution in [3.8, 4) is 0 Å². The van der Waals surface area contributed by atoms with Gasteiger partial charge in [0.15, 0.2) is 0 Å². The van der Waals surface area contributed by atoms with Crippen LogP contribution in [0, 0.1) is 18.8 Å². The number of carbonyl (C=O) groups excluding carboxylic acids is 2. The molecule has 5 nitrogen and oxygen atoms in total.